The Bertz CT molecular complexity index is 321. The predicted octanol–water partition coefficient (Wildman–Crippen LogP) is 6.18. The molecule has 0 aliphatic rings. The van der Waals surface area contributed by atoms with Gasteiger partial charge in [0, 0.05) is 4.90 Å². The van der Waals surface area contributed by atoms with Crippen molar-refractivity contribution in [3.63, 3.8) is 0 Å². The Morgan fingerprint density at radius 1 is 0.778 bits per heavy atom. The molecule has 0 spiro atoms. The molecule has 104 valence electrons. The first-order valence-electron chi connectivity index (χ1n) is 6.91. The van der Waals surface area contributed by atoms with Crippen molar-refractivity contribution < 1.29 is 0 Å². The molecular formula is C17H30S. The highest BCUT2D eigenvalue weighted by Gasteiger charge is 2.35. The number of thiol groups is 1. The Hall–Kier alpha value is -0.430. The van der Waals surface area contributed by atoms with E-state index < -0.39 is 0 Å². The van der Waals surface area contributed by atoms with Crippen LogP contribution in [0.3, 0.4) is 0 Å². The smallest absolute Gasteiger partial charge is 0.00401 e. The SMILES string of the molecule is CC.CC(C)(C)C(c1ccc(S)cc1)C(C)(C)C. The summed E-state index contributed by atoms with van der Waals surface area (Å²) < 4.78 is 0. The molecule has 0 amide bonds. The lowest BCUT2D eigenvalue weighted by Gasteiger charge is -2.41. The van der Waals surface area contributed by atoms with E-state index in [1.165, 1.54) is 5.56 Å². The first-order chi connectivity index (χ1) is 8.12. The summed E-state index contributed by atoms with van der Waals surface area (Å²) in [5, 5.41) is 0. The second-order valence-electron chi connectivity index (χ2n) is 6.76. The molecule has 0 fully saturated rings. The van der Waals surface area contributed by atoms with Gasteiger partial charge in [0.1, 0.15) is 0 Å². The van der Waals surface area contributed by atoms with Crippen LogP contribution in [-0.4, -0.2) is 0 Å². The Morgan fingerprint density at radius 3 is 1.39 bits per heavy atom. The third-order valence-corrected chi connectivity index (χ3v) is 3.26. The maximum absolute atomic E-state index is 4.35. The molecule has 0 atom stereocenters. The zero-order valence-corrected chi connectivity index (χ0v) is 14.2. The molecular weight excluding hydrogens is 236 g/mol. The molecule has 0 heterocycles. The summed E-state index contributed by atoms with van der Waals surface area (Å²) in [6, 6.07) is 8.60. The second-order valence-corrected chi connectivity index (χ2v) is 7.27. The van der Waals surface area contributed by atoms with Crippen LogP contribution in [0, 0.1) is 10.8 Å². The fourth-order valence-corrected chi connectivity index (χ4v) is 3.11. The van der Waals surface area contributed by atoms with Crippen molar-refractivity contribution in [1.29, 1.82) is 0 Å². The molecule has 0 aliphatic carbocycles. The molecule has 0 radical (unpaired) electrons. The quantitative estimate of drug-likeness (QED) is 0.577. The monoisotopic (exact) mass is 266 g/mol. The highest BCUT2D eigenvalue weighted by molar-refractivity contribution is 7.80. The van der Waals surface area contributed by atoms with E-state index in [1.54, 1.807) is 0 Å². The van der Waals surface area contributed by atoms with Crippen LogP contribution >= 0.6 is 12.6 Å². The summed E-state index contributed by atoms with van der Waals surface area (Å²) in [6.07, 6.45) is 0. The van der Waals surface area contributed by atoms with Crippen LogP contribution in [-0.2, 0) is 0 Å². The molecule has 1 aromatic rings. The van der Waals surface area contributed by atoms with E-state index in [2.05, 4.69) is 78.4 Å². The minimum absolute atomic E-state index is 0.274. The van der Waals surface area contributed by atoms with Crippen molar-refractivity contribution in [3.8, 4) is 0 Å². The van der Waals surface area contributed by atoms with Gasteiger partial charge in [0.25, 0.3) is 0 Å². The summed E-state index contributed by atoms with van der Waals surface area (Å²) in [5.74, 6) is 0.550. The fourth-order valence-electron chi connectivity index (χ4n) is 2.97. The zero-order valence-electron chi connectivity index (χ0n) is 13.3. The molecule has 0 nitrogen and oxygen atoms in total. The molecule has 18 heavy (non-hydrogen) atoms. The lowest BCUT2D eigenvalue weighted by molar-refractivity contribution is 0.176. The average molecular weight is 266 g/mol. The van der Waals surface area contributed by atoms with Crippen LogP contribution in [0.15, 0.2) is 29.2 Å². The van der Waals surface area contributed by atoms with E-state index in [0.717, 1.165) is 4.90 Å². The van der Waals surface area contributed by atoms with E-state index in [0.29, 0.717) is 5.92 Å². The standard InChI is InChI=1S/C15H24S.C2H6/c1-14(2,3)13(15(4,5)6)11-7-9-12(16)10-8-11;1-2/h7-10,13,16H,1-6H3;1-2H3. The van der Waals surface area contributed by atoms with E-state index in [1.807, 2.05) is 13.8 Å². The van der Waals surface area contributed by atoms with Gasteiger partial charge < -0.3 is 0 Å². The number of hydrogen-bond donors (Lipinski definition) is 1. The van der Waals surface area contributed by atoms with Gasteiger partial charge in [-0.2, -0.15) is 0 Å². The van der Waals surface area contributed by atoms with Gasteiger partial charge in [0.05, 0.1) is 0 Å². The van der Waals surface area contributed by atoms with Crippen molar-refractivity contribution in [3.05, 3.63) is 29.8 Å². The summed E-state index contributed by atoms with van der Waals surface area (Å²) >= 11 is 4.35. The molecule has 1 aromatic carbocycles. The highest BCUT2D eigenvalue weighted by atomic mass is 32.1. The lowest BCUT2D eigenvalue weighted by Crippen LogP contribution is -2.30. The Kier molecular flexibility index (Phi) is 6.50. The van der Waals surface area contributed by atoms with Crippen LogP contribution in [0.5, 0.6) is 0 Å². The Morgan fingerprint density at radius 2 is 1.11 bits per heavy atom. The summed E-state index contributed by atoms with van der Waals surface area (Å²) in [6.45, 7) is 17.9. The molecule has 0 saturated heterocycles. The van der Waals surface area contributed by atoms with Crippen molar-refractivity contribution in [2.75, 3.05) is 0 Å². The van der Waals surface area contributed by atoms with Gasteiger partial charge in [-0.05, 0) is 34.4 Å². The molecule has 0 aromatic heterocycles. The van der Waals surface area contributed by atoms with Gasteiger partial charge in [-0.3, -0.25) is 0 Å². The lowest BCUT2D eigenvalue weighted by atomic mass is 9.64. The third kappa shape index (κ3) is 5.06. The minimum atomic E-state index is 0.274. The summed E-state index contributed by atoms with van der Waals surface area (Å²) in [7, 11) is 0. The number of hydrogen-bond acceptors (Lipinski definition) is 1. The molecule has 0 unspecified atom stereocenters. The second kappa shape index (κ2) is 6.65. The molecule has 0 bridgehead atoms. The van der Waals surface area contributed by atoms with Gasteiger partial charge in [-0.1, -0.05) is 67.5 Å². The molecule has 0 saturated carbocycles. The normalized spacial score (nSPS) is 12.1. The van der Waals surface area contributed by atoms with Gasteiger partial charge in [-0.15, -0.1) is 12.6 Å². The van der Waals surface area contributed by atoms with Gasteiger partial charge in [0.2, 0.25) is 0 Å². The van der Waals surface area contributed by atoms with E-state index in [9.17, 15) is 0 Å². The maximum atomic E-state index is 4.35. The Labute approximate surface area is 120 Å². The first-order valence-corrected chi connectivity index (χ1v) is 7.36. The first kappa shape index (κ1) is 17.6. The van der Waals surface area contributed by atoms with Crippen LogP contribution in [0.25, 0.3) is 0 Å². The predicted molar refractivity (Wildman–Crippen MR) is 86.7 cm³/mol. The number of rotatable bonds is 1. The molecule has 0 N–H and O–H groups in total. The minimum Gasteiger partial charge on any atom is -0.143 e. The molecule has 1 rings (SSSR count). The van der Waals surface area contributed by atoms with Crippen molar-refractivity contribution in [2.24, 2.45) is 10.8 Å². The molecule has 0 aliphatic heterocycles. The van der Waals surface area contributed by atoms with Gasteiger partial charge >= 0.3 is 0 Å². The summed E-state index contributed by atoms with van der Waals surface area (Å²) in [5.41, 5.74) is 1.96. The average Bonchev–Trinajstić information content (AvgIpc) is 2.20. The zero-order chi connectivity index (χ0) is 14.6. The highest BCUT2D eigenvalue weighted by Crippen LogP contribution is 2.47. The summed E-state index contributed by atoms with van der Waals surface area (Å²) in [4.78, 5) is 1.03. The van der Waals surface area contributed by atoms with E-state index >= 15 is 0 Å². The molecule has 1 heteroatoms. The topological polar surface area (TPSA) is 0 Å². The van der Waals surface area contributed by atoms with Gasteiger partial charge in [0.15, 0.2) is 0 Å². The van der Waals surface area contributed by atoms with Crippen molar-refractivity contribution in [1.82, 2.24) is 0 Å². The van der Waals surface area contributed by atoms with Crippen LogP contribution in [0.1, 0.15) is 66.9 Å². The largest absolute Gasteiger partial charge is 0.143 e. The van der Waals surface area contributed by atoms with E-state index in [4.69, 9.17) is 0 Å². The van der Waals surface area contributed by atoms with E-state index in [-0.39, 0.29) is 10.8 Å². The van der Waals surface area contributed by atoms with Crippen molar-refractivity contribution >= 4 is 12.6 Å². The number of benzene rings is 1. The third-order valence-electron chi connectivity index (χ3n) is 2.96. The van der Waals surface area contributed by atoms with Crippen LogP contribution in [0.4, 0.5) is 0 Å². The Balaban J connectivity index is 0.00000137. The van der Waals surface area contributed by atoms with Crippen LogP contribution < -0.4 is 0 Å². The van der Waals surface area contributed by atoms with Crippen LogP contribution in [0.2, 0.25) is 0 Å². The maximum Gasteiger partial charge on any atom is 0.00401 e. The van der Waals surface area contributed by atoms with Gasteiger partial charge in [-0.25, -0.2) is 0 Å². The fraction of sp³-hybridized carbons (Fsp3) is 0.647. The van der Waals surface area contributed by atoms with Crippen molar-refractivity contribution in [2.45, 2.75) is 66.2 Å².